The Morgan fingerprint density at radius 3 is 2.24 bits per heavy atom. The zero-order chi connectivity index (χ0) is 13.3. The van der Waals surface area contributed by atoms with Gasteiger partial charge in [-0.1, -0.05) is 26.8 Å². The fourth-order valence-corrected chi connectivity index (χ4v) is 1.40. The molecule has 1 heterocycles. The summed E-state index contributed by atoms with van der Waals surface area (Å²) in [4.78, 5) is 5.36. The van der Waals surface area contributed by atoms with Crippen molar-refractivity contribution in [3.05, 3.63) is 23.9 Å². The van der Waals surface area contributed by atoms with Crippen LogP contribution in [0, 0.1) is 0 Å². The summed E-state index contributed by atoms with van der Waals surface area (Å²) in [5.74, 6) is 0.342. The Morgan fingerprint density at radius 2 is 1.76 bits per heavy atom. The lowest BCUT2D eigenvalue weighted by Gasteiger charge is -2.23. The molecule has 0 aliphatic heterocycles. The standard InChI is InChI=1S/C12H17F3N2/c1-11(2,3)9-6-5-7-10(16-9)17(4)8-12(13,14)15/h5-7H,8H2,1-4H3. The summed E-state index contributed by atoms with van der Waals surface area (Å²) < 4.78 is 36.8. The molecule has 0 saturated heterocycles. The van der Waals surface area contributed by atoms with Gasteiger partial charge in [0, 0.05) is 18.2 Å². The van der Waals surface area contributed by atoms with Crippen molar-refractivity contribution in [3.63, 3.8) is 0 Å². The van der Waals surface area contributed by atoms with E-state index in [9.17, 15) is 13.2 Å². The first-order chi connectivity index (χ1) is 7.59. The third-order valence-electron chi connectivity index (χ3n) is 2.31. The largest absolute Gasteiger partial charge is 0.405 e. The van der Waals surface area contributed by atoms with Gasteiger partial charge in [0.1, 0.15) is 12.4 Å². The fraction of sp³-hybridized carbons (Fsp3) is 0.583. The number of hydrogen-bond donors (Lipinski definition) is 0. The summed E-state index contributed by atoms with van der Waals surface area (Å²) in [7, 11) is 1.39. The molecular weight excluding hydrogens is 229 g/mol. The minimum Gasteiger partial charge on any atom is -0.351 e. The van der Waals surface area contributed by atoms with Crippen LogP contribution in [0.15, 0.2) is 18.2 Å². The average Bonchev–Trinajstić information content (AvgIpc) is 2.14. The normalized spacial score (nSPS) is 12.6. The Kier molecular flexibility index (Phi) is 3.69. The second-order valence-corrected chi connectivity index (χ2v) is 5.10. The highest BCUT2D eigenvalue weighted by atomic mass is 19.4. The summed E-state index contributed by atoms with van der Waals surface area (Å²) in [6.07, 6.45) is -4.21. The zero-order valence-electron chi connectivity index (χ0n) is 10.5. The predicted octanol–water partition coefficient (Wildman–Crippen LogP) is 3.38. The van der Waals surface area contributed by atoms with E-state index < -0.39 is 12.7 Å². The molecule has 0 radical (unpaired) electrons. The molecule has 0 saturated carbocycles. The Hall–Kier alpha value is -1.26. The van der Waals surface area contributed by atoms with E-state index in [4.69, 9.17) is 0 Å². The summed E-state index contributed by atoms with van der Waals surface area (Å²) in [5.41, 5.74) is 0.610. The highest BCUT2D eigenvalue weighted by molar-refractivity contribution is 5.39. The van der Waals surface area contributed by atoms with E-state index in [1.165, 1.54) is 7.05 Å². The maximum absolute atomic E-state index is 12.3. The van der Waals surface area contributed by atoms with Crippen LogP contribution in [0.3, 0.4) is 0 Å². The van der Waals surface area contributed by atoms with Crippen molar-refractivity contribution in [2.75, 3.05) is 18.5 Å². The molecule has 2 nitrogen and oxygen atoms in total. The predicted molar refractivity (Wildman–Crippen MR) is 62.3 cm³/mol. The van der Waals surface area contributed by atoms with Crippen molar-refractivity contribution in [3.8, 4) is 0 Å². The van der Waals surface area contributed by atoms with E-state index in [0.29, 0.717) is 5.82 Å². The first-order valence-corrected chi connectivity index (χ1v) is 5.35. The van der Waals surface area contributed by atoms with Crippen molar-refractivity contribution in [2.45, 2.75) is 32.4 Å². The summed E-state index contributed by atoms with van der Waals surface area (Å²) in [5, 5.41) is 0. The Bertz CT molecular complexity index is 380. The van der Waals surface area contributed by atoms with Crippen LogP contribution in [-0.2, 0) is 5.41 Å². The molecule has 5 heteroatoms. The third kappa shape index (κ3) is 4.24. The molecule has 0 atom stereocenters. The van der Waals surface area contributed by atoms with E-state index in [0.717, 1.165) is 10.6 Å². The van der Waals surface area contributed by atoms with Crippen molar-refractivity contribution in [1.29, 1.82) is 0 Å². The van der Waals surface area contributed by atoms with E-state index in [1.54, 1.807) is 12.1 Å². The molecule has 1 rings (SSSR count). The van der Waals surface area contributed by atoms with Crippen LogP contribution in [0.4, 0.5) is 19.0 Å². The van der Waals surface area contributed by atoms with Gasteiger partial charge in [-0.2, -0.15) is 13.2 Å². The molecule has 0 spiro atoms. The Labute approximate surface area is 99.5 Å². The minimum atomic E-state index is -4.21. The molecule has 0 bridgehead atoms. The van der Waals surface area contributed by atoms with Gasteiger partial charge in [-0.15, -0.1) is 0 Å². The fourth-order valence-electron chi connectivity index (χ4n) is 1.40. The van der Waals surface area contributed by atoms with Crippen LogP contribution >= 0.6 is 0 Å². The molecule has 0 unspecified atom stereocenters. The van der Waals surface area contributed by atoms with Crippen molar-refractivity contribution in [1.82, 2.24) is 4.98 Å². The van der Waals surface area contributed by atoms with Crippen molar-refractivity contribution >= 4 is 5.82 Å². The van der Waals surface area contributed by atoms with Gasteiger partial charge in [-0.05, 0) is 12.1 Å². The molecule has 0 amide bonds. The number of hydrogen-bond acceptors (Lipinski definition) is 2. The quantitative estimate of drug-likeness (QED) is 0.795. The maximum atomic E-state index is 12.3. The number of nitrogens with zero attached hydrogens (tertiary/aromatic N) is 2. The highest BCUT2D eigenvalue weighted by Crippen LogP contribution is 2.24. The lowest BCUT2D eigenvalue weighted by molar-refractivity contribution is -0.119. The monoisotopic (exact) mass is 246 g/mol. The number of pyridine rings is 1. The molecule has 17 heavy (non-hydrogen) atoms. The molecule has 0 aliphatic carbocycles. The Morgan fingerprint density at radius 1 is 1.18 bits per heavy atom. The molecule has 1 aromatic rings. The van der Waals surface area contributed by atoms with Gasteiger partial charge >= 0.3 is 6.18 Å². The van der Waals surface area contributed by atoms with Gasteiger partial charge in [0.05, 0.1) is 0 Å². The first-order valence-electron chi connectivity index (χ1n) is 5.35. The molecule has 0 fully saturated rings. The van der Waals surface area contributed by atoms with Crippen LogP contribution in [0.1, 0.15) is 26.5 Å². The van der Waals surface area contributed by atoms with Gasteiger partial charge in [-0.25, -0.2) is 4.98 Å². The van der Waals surface area contributed by atoms with E-state index in [2.05, 4.69) is 4.98 Å². The molecular formula is C12H17F3N2. The summed E-state index contributed by atoms with van der Waals surface area (Å²) >= 11 is 0. The summed E-state index contributed by atoms with van der Waals surface area (Å²) in [6.45, 7) is 4.93. The van der Waals surface area contributed by atoms with Crippen LogP contribution in [0.25, 0.3) is 0 Å². The number of halogens is 3. The van der Waals surface area contributed by atoms with Gasteiger partial charge in [0.25, 0.3) is 0 Å². The second-order valence-electron chi connectivity index (χ2n) is 5.10. The third-order valence-corrected chi connectivity index (χ3v) is 2.31. The number of rotatable bonds is 2. The molecule has 0 aliphatic rings. The molecule has 0 N–H and O–H groups in total. The van der Waals surface area contributed by atoms with Crippen molar-refractivity contribution in [2.24, 2.45) is 0 Å². The van der Waals surface area contributed by atoms with Crippen molar-refractivity contribution < 1.29 is 13.2 Å². The zero-order valence-corrected chi connectivity index (χ0v) is 10.5. The van der Waals surface area contributed by atoms with Crippen LogP contribution in [-0.4, -0.2) is 24.8 Å². The summed E-state index contributed by atoms with van der Waals surface area (Å²) in [6, 6.07) is 5.14. The van der Waals surface area contributed by atoms with Crippen LogP contribution < -0.4 is 4.90 Å². The van der Waals surface area contributed by atoms with Crippen LogP contribution in [0.5, 0.6) is 0 Å². The molecule has 0 aromatic carbocycles. The minimum absolute atomic E-state index is 0.172. The van der Waals surface area contributed by atoms with Crippen LogP contribution in [0.2, 0.25) is 0 Å². The Balaban J connectivity index is 2.92. The SMILES string of the molecule is CN(CC(F)(F)F)c1cccc(C(C)(C)C)n1. The number of aromatic nitrogens is 1. The first kappa shape index (κ1) is 13.8. The number of anilines is 1. The smallest absolute Gasteiger partial charge is 0.351 e. The van der Waals surface area contributed by atoms with Gasteiger partial charge in [0.2, 0.25) is 0 Å². The maximum Gasteiger partial charge on any atom is 0.405 e. The average molecular weight is 246 g/mol. The van der Waals surface area contributed by atoms with Gasteiger partial charge in [0.15, 0.2) is 0 Å². The molecule has 1 aromatic heterocycles. The lowest BCUT2D eigenvalue weighted by Crippen LogP contribution is -2.31. The van der Waals surface area contributed by atoms with Gasteiger partial charge < -0.3 is 4.90 Å². The second kappa shape index (κ2) is 4.55. The van der Waals surface area contributed by atoms with E-state index in [-0.39, 0.29) is 5.41 Å². The highest BCUT2D eigenvalue weighted by Gasteiger charge is 2.30. The van der Waals surface area contributed by atoms with E-state index in [1.807, 2.05) is 26.8 Å². The lowest BCUT2D eigenvalue weighted by atomic mass is 9.92. The topological polar surface area (TPSA) is 16.1 Å². The number of alkyl halides is 3. The molecule has 96 valence electrons. The van der Waals surface area contributed by atoms with E-state index >= 15 is 0 Å². The van der Waals surface area contributed by atoms with Gasteiger partial charge in [-0.3, -0.25) is 0 Å².